The molecular weight excluding hydrogens is 377 g/mol. The maximum Gasteiger partial charge on any atom is 0.446 e. The van der Waals surface area contributed by atoms with Gasteiger partial charge in [0.1, 0.15) is 0 Å². The van der Waals surface area contributed by atoms with Gasteiger partial charge in [-0.15, -0.1) is 0 Å². The van der Waals surface area contributed by atoms with Crippen LogP contribution in [0, 0.1) is 6.92 Å². The Morgan fingerprint density at radius 1 is 1.12 bits per heavy atom. The first-order chi connectivity index (χ1) is 11.5. The molecule has 134 valence electrons. The number of thioether (sulfide) groups is 1. The van der Waals surface area contributed by atoms with Crippen LogP contribution in [0.15, 0.2) is 52.3 Å². The highest BCUT2D eigenvalue weighted by Gasteiger charge is 2.30. The Labute approximate surface area is 146 Å². The van der Waals surface area contributed by atoms with Gasteiger partial charge in [-0.25, -0.2) is 8.42 Å². The summed E-state index contributed by atoms with van der Waals surface area (Å²) in [6.07, 6.45) is 0. The molecule has 0 aliphatic heterocycles. The third-order valence-electron chi connectivity index (χ3n) is 3.01. The fourth-order valence-electron chi connectivity index (χ4n) is 1.92. The number of rotatable bonds is 5. The number of hydrogen-bond acceptors (Lipinski definition) is 4. The smallest absolute Gasteiger partial charge is 0.366 e. The van der Waals surface area contributed by atoms with E-state index in [0.29, 0.717) is 0 Å². The van der Waals surface area contributed by atoms with Crippen LogP contribution < -0.4 is 10.5 Å². The lowest BCUT2D eigenvalue weighted by molar-refractivity contribution is -0.0328. The first kappa shape index (κ1) is 19.1. The number of alkyl halides is 3. The van der Waals surface area contributed by atoms with Crippen molar-refractivity contribution in [2.45, 2.75) is 22.2 Å². The van der Waals surface area contributed by atoms with Gasteiger partial charge < -0.3 is 5.73 Å². The fourth-order valence-corrected chi connectivity index (χ4v) is 3.60. The number of carbonyl (C=O) groups is 1. The van der Waals surface area contributed by atoms with Crippen LogP contribution in [0.4, 0.5) is 18.9 Å². The van der Waals surface area contributed by atoms with Crippen molar-refractivity contribution >= 4 is 33.4 Å². The van der Waals surface area contributed by atoms with Crippen molar-refractivity contribution in [1.82, 2.24) is 0 Å². The van der Waals surface area contributed by atoms with E-state index in [4.69, 9.17) is 5.73 Å². The number of halogens is 3. The summed E-state index contributed by atoms with van der Waals surface area (Å²) in [5.41, 5.74) is 0.921. The lowest BCUT2D eigenvalue weighted by Gasteiger charge is -2.12. The Morgan fingerprint density at radius 3 is 2.24 bits per heavy atom. The van der Waals surface area contributed by atoms with Gasteiger partial charge in [-0.1, -0.05) is 17.7 Å². The molecule has 25 heavy (non-hydrogen) atoms. The highest BCUT2D eigenvalue weighted by Crippen LogP contribution is 2.38. The summed E-state index contributed by atoms with van der Waals surface area (Å²) in [5, 5.41) is 0. The maximum absolute atomic E-state index is 12.6. The third kappa shape index (κ3) is 5.40. The molecule has 0 radical (unpaired) electrons. The van der Waals surface area contributed by atoms with Crippen molar-refractivity contribution in [2.24, 2.45) is 5.73 Å². The van der Waals surface area contributed by atoms with Crippen LogP contribution in [-0.4, -0.2) is 19.8 Å². The van der Waals surface area contributed by atoms with Crippen molar-refractivity contribution in [2.75, 3.05) is 4.72 Å². The lowest BCUT2D eigenvalue weighted by atomic mass is 10.2. The van der Waals surface area contributed by atoms with E-state index in [1.807, 2.05) is 0 Å². The lowest BCUT2D eigenvalue weighted by Crippen LogP contribution is -2.15. The molecule has 0 aromatic heterocycles. The van der Waals surface area contributed by atoms with Gasteiger partial charge in [0, 0.05) is 10.5 Å². The van der Waals surface area contributed by atoms with Crippen LogP contribution >= 0.6 is 11.8 Å². The van der Waals surface area contributed by atoms with E-state index in [-0.39, 0.29) is 21.0 Å². The molecule has 2 rings (SSSR count). The van der Waals surface area contributed by atoms with E-state index < -0.39 is 33.2 Å². The summed E-state index contributed by atoms with van der Waals surface area (Å²) >= 11 is -0.472. The Kier molecular flexibility index (Phi) is 5.33. The Bertz CT molecular complexity index is 895. The van der Waals surface area contributed by atoms with Crippen LogP contribution in [-0.2, 0) is 10.0 Å². The molecule has 0 heterocycles. The van der Waals surface area contributed by atoms with Crippen molar-refractivity contribution in [1.29, 1.82) is 0 Å². The number of primary amides is 1. The monoisotopic (exact) mass is 390 g/mol. The van der Waals surface area contributed by atoms with Crippen molar-refractivity contribution in [3.8, 4) is 0 Å². The zero-order valence-electron chi connectivity index (χ0n) is 12.8. The summed E-state index contributed by atoms with van der Waals surface area (Å²) in [5.74, 6) is -0.972. The number of aryl methyl sites for hydroxylation is 1. The standard InChI is InChI=1S/C15H13F3N2O3S2/c1-9-2-4-13(5-3-9)25(22,23)20-11-6-10(14(19)21)7-12(8-11)24-15(16,17)18/h2-8,20H,1H3,(H2,19,21). The van der Waals surface area contributed by atoms with Crippen molar-refractivity contribution < 1.29 is 26.4 Å². The molecule has 0 aliphatic rings. The largest absolute Gasteiger partial charge is 0.446 e. The first-order valence-electron chi connectivity index (χ1n) is 6.76. The molecule has 0 saturated carbocycles. The second kappa shape index (κ2) is 6.96. The van der Waals surface area contributed by atoms with Crippen LogP contribution in [0.1, 0.15) is 15.9 Å². The normalized spacial score (nSPS) is 12.0. The molecule has 2 aromatic rings. The van der Waals surface area contributed by atoms with Crippen molar-refractivity contribution in [3.05, 3.63) is 53.6 Å². The predicted molar refractivity (Wildman–Crippen MR) is 88.9 cm³/mol. The number of hydrogen-bond donors (Lipinski definition) is 2. The van der Waals surface area contributed by atoms with E-state index in [9.17, 15) is 26.4 Å². The van der Waals surface area contributed by atoms with E-state index >= 15 is 0 Å². The predicted octanol–water partition coefficient (Wildman–Crippen LogP) is 3.51. The van der Waals surface area contributed by atoms with E-state index in [0.717, 1.165) is 23.8 Å². The summed E-state index contributed by atoms with van der Waals surface area (Å²) in [4.78, 5) is 10.9. The van der Waals surface area contributed by atoms with Crippen LogP contribution in [0.3, 0.4) is 0 Å². The van der Waals surface area contributed by atoms with Gasteiger partial charge in [-0.2, -0.15) is 13.2 Å². The summed E-state index contributed by atoms with van der Waals surface area (Å²) in [6, 6.07) is 8.90. The molecule has 0 atom stereocenters. The SMILES string of the molecule is Cc1ccc(S(=O)(=O)Nc2cc(SC(F)(F)F)cc(C(N)=O)c2)cc1. The number of amides is 1. The van der Waals surface area contributed by atoms with Gasteiger partial charge in [0.25, 0.3) is 10.0 Å². The van der Waals surface area contributed by atoms with Crippen LogP contribution in [0.25, 0.3) is 0 Å². The first-order valence-corrected chi connectivity index (χ1v) is 9.06. The number of nitrogens with two attached hydrogens (primary N) is 1. The van der Waals surface area contributed by atoms with Gasteiger partial charge in [-0.05, 0) is 49.0 Å². The number of carbonyl (C=O) groups excluding carboxylic acids is 1. The van der Waals surface area contributed by atoms with Crippen molar-refractivity contribution in [3.63, 3.8) is 0 Å². The second-order valence-corrected chi connectivity index (χ2v) is 7.90. The molecule has 0 saturated heterocycles. The summed E-state index contributed by atoms with van der Waals surface area (Å²) < 4.78 is 64.5. The third-order valence-corrected chi connectivity index (χ3v) is 5.11. The molecule has 0 unspecified atom stereocenters. The topological polar surface area (TPSA) is 89.3 Å². The van der Waals surface area contributed by atoms with Gasteiger partial charge in [0.15, 0.2) is 0 Å². The summed E-state index contributed by atoms with van der Waals surface area (Å²) in [7, 11) is -4.03. The van der Waals surface area contributed by atoms with Gasteiger partial charge in [0.05, 0.1) is 10.6 Å². The molecule has 0 spiro atoms. The minimum Gasteiger partial charge on any atom is -0.366 e. The Morgan fingerprint density at radius 2 is 1.72 bits per heavy atom. The number of anilines is 1. The number of sulfonamides is 1. The fraction of sp³-hybridized carbons (Fsp3) is 0.133. The molecule has 0 aliphatic carbocycles. The molecule has 5 nitrogen and oxygen atoms in total. The molecule has 0 bridgehead atoms. The molecule has 2 aromatic carbocycles. The minimum absolute atomic E-state index is 0.0624. The maximum atomic E-state index is 12.6. The van der Waals surface area contributed by atoms with Gasteiger partial charge in [-0.3, -0.25) is 9.52 Å². The van der Waals surface area contributed by atoms with E-state index in [1.54, 1.807) is 19.1 Å². The zero-order chi connectivity index (χ0) is 18.8. The minimum atomic E-state index is -4.59. The highest BCUT2D eigenvalue weighted by molar-refractivity contribution is 8.00. The Balaban J connectivity index is 2.40. The van der Waals surface area contributed by atoms with Crippen LogP contribution in [0.2, 0.25) is 0 Å². The molecule has 0 fully saturated rings. The van der Waals surface area contributed by atoms with Crippen LogP contribution in [0.5, 0.6) is 0 Å². The van der Waals surface area contributed by atoms with Gasteiger partial charge >= 0.3 is 5.51 Å². The highest BCUT2D eigenvalue weighted by atomic mass is 32.2. The molecule has 3 N–H and O–H groups in total. The molecule has 10 heteroatoms. The quantitative estimate of drug-likeness (QED) is 0.765. The number of benzene rings is 2. The number of nitrogens with one attached hydrogen (secondary N) is 1. The zero-order valence-corrected chi connectivity index (χ0v) is 14.4. The van der Waals surface area contributed by atoms with E-state index in [2.05, 4.69) is 4.72 Å². The van der Waals surface area contributed by atoms with E-state index in [1.165, 1.54) is 12.1 Å². The average Bonchev–Trinajstić information content (AvgIpc) is 2.45. The molecule has 1 amide bonds. The second-order valence-electron chi connectivity index (χ2n) is 5.08. The average molecular weight is 390 g/mol. The molecular formula is C15H13F3N2O3S2. The Hall–Kier alpha value is -2.20. The summed E-state index contributed by atoms with van der Waals surface area (Å²) in [6.45, 7) is 1.78. The van der Waals surface area contributed by atoms with Gasteiger partial charge in [0.2, 0.25) is 5.91 Å².